The molecule has 1 amide bonds. The summed E-state index contributed by atoms with van der Waals surface area (Å²) in [5.74, 6) is 0.317. The molecule has 2 atom stereocenters. The van der Waals surface area contributed by atoms with Crippen molar-refractivity contribution in [1.29, 1.82) is 0 Å². The van der Waals surface area contributed by atoms with Crippen LogP contribution in [0.3, 0.4) is 0 Å². The SMILES string of the molecule is COC[C@H](C)NC(=O)C[C@@H](C)c1ccccc1. The Bertz CT molecular complexity index is 337. The molecule has 1 aromatic rings. The second-order valence-corrected chi connectivity index (χ2v) is 4.44. The van der Waals surface area contributed by atoms with Crippen LogP contribution in [-0.4, -0.2) is 25.7 Å². The lowest BCUT2D eigenvalue weighted by Crippen LogP contribution is -2.36. The summed E-state index contributed by atoms with van der Waals surface area (Å²) in [6.07, 6.45) is 0.512. The second-order valence-electron chi connectivity index (χ2n) is 4.44. The first-order chi connectivity index (χ1) is 8.13. The molecule has 0 fully saturated rings. The van der Waals surface area contributed by atoms with E-state index in [9.17, 15) is 4.79 Å². The van der Waals surface area contributed by atoms with E-state index >= 15 is 0 Å². The predicted molar refractivity (Wildman–Crippen MR) is 69.0 cm³/mol. The number of methoxy groups -OCH3 is 1. The first-order valence-electron chi connectivity index (χ1n) is 5.96. The third kappa shape index (κ3) is 5.00. The molecule has 0 saturated carbocycles. The predicted octanol–water partition coefficient (Wildman–Crippen LogP) is 2.33. The molecule has 1 N–H and O–H groups in total. The second kappa shape index (κ2) is 7.07. The number of amides is 1. The summed E-state index contributed by atoms with van der Waals surface area (Å²) in [6, 6.07) is 10.1. The molecule has 0 aliphatic heterocycles. The highest BCUT2D eigenvalue weighted by Crippen LogP contribution is 2.18. The summed E-state index contributed by atoms with van der Waals surface area (Å²) in [7, 11) is 1.63. The zero-order valence-electron chi connectivity index (χ0n) is 10.8. The average Bonchev–Trinajstić information content (AvgIpc) is 2.30. The van der Waals surface area contributed by atoms with Gasteiger partial charge in [0.1, 0.15) is 0 Å². The molecule has 0 unspecified atom stereocenters. The van der Waals surface area contributed by atoms with Crippen LogP contribution < -0.4 is 5.32 Å². The maximum Gasteiger partial charge on any atom is 0.220 e. The minimum absolute atomic E-state index is 0.0653. The number of rotatable bonds is 6. The molecule has 0 aromatic heterocycles. The summed E-state index contributed by atoms with van der Waals surface area (Å²) in [4.78, 5) is 11.7. The Morgan fingerprint density at radius 3 is 2.53 bits per heavy atom. The number of carbonyl (C=O) groups is 1. The van der Waals surface area contributed by atoms with Crippen molar-refractivity contribution in [2.45, 2.75) is 32.2 Å². The van der Waals surface area contributed by atoms with Gasteiger partial charge in [-0.05, 0) is 18.4 Å². The first-order valence-corrected chi connectivity index (χ1v) is 5.96. The van der Waals surface area contributed by atoms with Crippen molar-refractivity contribution >= 4 is 5.91 Å². The molecule has 0 saturated heterocycles. The van der Waals surface area contributed by atoms with E-state index in [0.29, 0.717) is 13.0 Å². The molecule has 0 spiro atoms. The van der Waals surface area contributed by atoms with Gasteiger partial charge < -0.3 is 10.1 Å². The van der Waals surface area contributed by atoms with E-state index in [-0.39, 0.29) is 17.9 Å². The molecule has 0 heterocycles. The van der Waals surface area contributed by atoms with Crippen LogP contribution in [0.2, 0.25) is 0 Å². The number of nitrogens with one attached hydrogen (secondary N) is 1. The van der Waals surface area contributed by atoms with Crippen molar-refractivity contribution in [2.75, 3.05) is 13.7 Å². The highest BCUT2D eigenvalue weighted by molar-refractivity contribution is 5.77. The number of benzene rings is 1. The van der Waals surface area contributed by atoms with Gasteiger partial charge >= 0.3 is 0 Å². The van der Waals surface area contributed by atoms with E-state index in [1.54, 1.807) is 7.11 Å². The summed E-state index contributed by atoms with van der Waals surface area (Å²) in [5.41, 5.74) is 1.20. The van der Waals surface area contributed by atoms with E-state index in [1.165, 1.54) is 5.56 Å². The molecule has 1 rings (SSSR count). The monoisotopic (exact) mass is 235 g/mol. The minimum Gasteiger partial charge on any atom is -0.383 e. The van der Waals surface area contributed by atoms with Gasteiger partial charge in [0, 0.05) is 19.6 Å². The molecular weight excluding hydrogens is 214 g/mol. The Morgan fingerprint density at radius 1 is 1.29 bits per heavy atom. The molecule has 0 aliphatic rings. The maximum atomic E-state index is 11.7. The first kappa shape index (κ1) is 13.7. The standard InChI is InChI=1S/C14H21NO2/c1-11(13-7-5-4-6-8-13)9-14(16)15-12(2)10-17-3/h4-8,11-12H,9-10H2,1-3H3,(H,15,16)/t11-,12+/m1/s1. The van der Waals surface area contributed by atoms with Gasteiger partial charge in [0.05, 0.1) is 6.61 Å². The van der Waals surface area contributed by atoms with Gasteiger partial charge in [-0.15, -0.1) is 0 Å². The van der Waals surface area contributed by atoms with Gasteiger partial charge in [-0.25, -0.2) is 0 Å². The van der Waals surface area contributed by atoms with Crippen LogP contribution in [0.15, 0.2) is 30.3 Å². The maximum absolute atomic E-state index is 11.7. The van der Waals surface area contributed by atoms with E-state index in [0.717, 1.165) is 0 Å². The molecule has 17 heavy (non-hydrogen) atoms. The van der Waals surface area contributed by atoms with E-state index in [1.807, 2.05) is 25.1 Å². The third-order valence-corrected chi connectivity index (χ3v) is 2.68. The number of hydrogen-bond donors (Lipinski definition) is 1. The molecule has 94 valence electrons. The summed E-state index contributed by atoms with van der Waals surface area (Å²) in [5, 5.41) is 2.92. The highest BCUT2D eigenvalue weighted by Gasteiger charge is 2.12. The molecule has 0 bridgehead atoms. The average molecular weight is 235 g/mol. The van der Waals surface area contributed by atoms with Crippen molar-refractivity contribution in [3.63, 3.8) is 0 Å². The normalized spacial score (nSPS) is 14.1. The van der Waals surface area contributed by atoms with Crippen LogP contribution in [0.5, 0.6) is 0 Å². The largest absolute Gasteiger partial charge is 0.383 e. The van der Waals surface area contributed by atoms with E-state index in [2.05, 4.69) is 24.4 Å². The molecular formula is C14H21NO2. The van der Waals surface area contributed by atoms with Gasteiger partial charge in [0.15, 0.2) is 0 Å². The number of carbonyl (C=O) groups excluding carboxylic acids is 1. The molecule has 0 aliphatic carbocycles. The number of ether oxygens (including phenoxy) is 1. The van der Waals surface area contributed by atoms with Gasteiger partial charge in [-0.3, -0.25) is 4.79 Å². The quantitative estimate of drug-likeness (QED) is 0.822. The Morgan fingerprint density at radius 2 is 1.94 bits per heavy atom. The van der Waals surface area contributed by atoms with Crippen molar-refractivity contribution in [2.24, 2.45) is 0 Å². The lowest BCUT2D eigenvalue weighted by atomic mass is 9.97. The van der Waals surface area contributed by atoms with Gasteiger partial charge in [-0.2, -0.15) is 0 Å². The summed E-state index contributed by atoms with van der Waals surface area (Å²) in [6.45, 7) is 4.55. The smallest absolute Gasteiger partial charge is 0.220 e. The fourth-order valence-corrected chi connectivity index (χ4v) is 1.80. The lowest BCUT2D eigenvalue weighted by Gasteiger charge is -2.15. The topological polar surface area (TPSA) is 38.3 Å². The fraction of sp³-hybridized carbons (Fsp3) is 0.500. The Labute approximate surface area is 103 Å². The zero-order chi connectivity index (χ0) is 12.7. The van der Waals surface area contributed by atoms with Crippen LogP contribution in [0.4, 0.5) is 0 Å². The van der Waals surface area contributed by atoms with Crippen molar-refractivity contribution in [3.8, 4) is 0 Å². The van der Waals surface area contributed by atoms with Crippen molar-refractivity contribution in [3.05, 3.63) is 35.9 Å². The minimum atomic E-state index is 0.0653. The van der Waals surface area contributed by atoms with Gasteiger partial charge in [-0.1, -0.05) is 37.3 Å². The highest BCUT2D eigenvalue weighted by atomic mass is 16.5. The summed E-state index contributed by atoms with van der Waals surface area (Å²) < 4.78 is 4.98. The molecule has 3 heteroatoms. The lowest BCUT2D eigenvalue weighted by molar-refractivity contribution is -0.122. The zero-order valence-corrected chi connectivity index (χ0v) is 10.8. The van der Waals surface area contributed by atoms with Crippen molar-refractivity contribution < 1.29 is 9.53 Å². The van der Waals surface area contributed by atoms with Crippen LogP contribution in [-0.2, 0) is 9.53 Å². The molecule has 3 nitrogen and oxygen atoms in total. The van der Waals surface area contributed by atoms with Crippen molar-refractivity contribution in [1.82, 2.24) is 5.32 Å². The van der Waals surface area contributed by atoms with Gasteiger partial charge in [0.2, 0.25) is 5.91 Å². The van der Waals surface area contributed by atoms with Crippen LogP contribution in [0.25, 0.3) is 0 Å². The van der Waals surface area contributed by atoms with Crippen LogP contribution in [0, 0.1) is 0 Å². The molecule has 0 radical (unpaired) electrons. The molecule has 1 aromatic carbocycles. The number of hydrogen-bond acceptors (Lipinski definition) is 2. The van der Waals surface area contributed by atoms with E-state index in [4.69, 9.17) is 4.74 Å². The Hall–Kier alpha value is -1.35. The van der Waals surface area contributed by atoms with Crippen LogP contribution >= 0.6 is 0 Å². The Kier molecular flexibility index (Phi) is 5.70. The Balaban J connectivity index is 2.41. The van der Waals surface area contributed by atoms with Gasteiger partial charge in [0.25, 0.3) is 0 Å². The third-order valence-electron chi connectivity index (χ3n) is 2.68. The van der Waals surface area contributed by atoms with Crippen LogP contribution in [0.1, 0.15) is 31.7 Å². The van der Waals surface area contributed by atoms with E-state index < -0.39 is 0 Å². The summed E-state index contributed by atoms with van der Waals surface area (Å²) >= 11 is 0. The fourth-order valence-electron chi connectivity index (χ4n) is 1.80.